The maximum absolute atomic E-state index is 12.4. The Morgan fingerprint density at radius 2 is 0.778 bits per heavy atom. The third-order valence-corrected chi connectivity index (χ3v) is 4.19. The lowest BCUT2D eigenvalue weighted by molar-refractivity contribution is 0.222. The van der Waals surface area contributed by atoms with Crippen molar-refractivity contribution >= 4 is 25.8 Å². The van der Waals surface area contributed by atoms with Crippen molar-refractivity contribution in [3.05, 3.63) is 31.5 Å². The monoisotopic (exact) mass is 453 g/mol. The Kier molecular flexibility index (Phi) is 10.9. The molecule has 0 amide bonds. The van der Waals surface area contributed by atoms with Crippen LogP contribution in [0.4, 0.5) is 0 Å². The minimum absolute atomic E-state index is 0.418. The van der Waals surface area contributed by atoms with Crippen molar-refractivity contribution in [2.24, 2.45) is 0 Å². The molecule has 0 atom stereocenters. The fraction of sp³-hybridized carbons (Fsp3) is 0.667. The first-order chi connectivity index (χ1) is 12.6. The summed E-state index contributed by atoms with van der Waals surface area (Å²) in [6.07, 6.45) is 0. The van der Waals surface area contributed by atoms with Crippen LogP contribution in [0.1, 0.15) is 0 Å². The first kappa shape index (κ1) is 24.4. The smallest absolute Gasteiger partial charge is 0.328 e. The van der Waals surface area contributed by atoms with Gasteiger partial charge in [-0.3, -0.25) is 0 Å². The summed E-state index contributed by atoms with van der Waals surface area (Å²) >= 11 is 0. The van der Waals surface area contributed by atoms with Gasteiger partial charge in [0.15, 0.2) is 0 Å². The molecule has 0 aromatic carbocycles. The second kappa shape index (κ2) is 12.0. The summed E-state index contributed by atoms with van der Waals surface area (Å²) in [4.78, 5) is 89.3. The predicted molar refractivity (Wildman–Crippen MR) is 91.2 cm³/mol. The molecule has 15 nitrogen and oxygen atoms in total. The van der Waals surface area contributed by atoms with Crippen LogP contribution < -0.4 is 17.1 Å². The van der Waals surface area contributed by atoms with Crippen molar-refractivity contribution in [2.45, 2.75) is 19.6 Å². The van der Waals surface area contributed by atoms with Gasteiger partial charge in [-0.15, -0.1) is 0 Å². The van der Waals surface area contributed by atoms with E-state index in [0.29, 0.717) is 13.7 Å². The molecule has 1 heterocycles. The van der Waals surface area contributed by atoms with Gasteiger partial charge >= 0.3 is 42.9 Å². The van der Waals surface area contributed by atoms with E-state index in [9.17, 15) is 14.4 Å². The van der Waals surface area contributed by atoms with Gasteiger partial charge in [0.1, 0.15) is 0 Å². The van der Waals surface area contributed by atoms with Crippen LogP contribution in [0.15, 0.2) is 14.4 Å². The Morgan fingerprint density at radius 3 is 0.963 bits per heavy atom. The van der Waals surface area contributed by atoms with Crippen molar-refractivity contribution in [3.63, 3.8) is 0 Å². The maximum Gasteiger partial charge on any atom is 0.336 e. The zero-order valence-corrected chi connectivity index (χ0v) is 16.2. The quantitative estimate of drug-likeness (QED) is 0.173. The molecule has 0 saturated carbocycles. The Morgan fingerprint density at radius 1 is 0.556 bits per heavy atom. The number of hydrogen-bond acceptors (Lipinski definition) is 12. The molecule has 156 valence electrons. The normalized spacial score (nSPS) is 11.9. The molecule has 0 saturated heterocycles. The topological polar surface area (TPSA) is 215 Å². The Balaban J connectivity index is 3.20. The maximum atomic E-state index is 12.4. The van der Waals surface area contributed by atoms with Gasteiger partial charge in [0.25, 0.3) is 0 Å². The third-order valence-electron chi connectivity index (χ3n) is 2.95. The van der Waals surface area contributed by atoms with E-state index >= 15 is 0 Å². The Hall–Kier alpha value is -0.660. The summed E-state index contributed by atoms with van der Waals surface area (Å²) < 4.78 is 15.2. The van der Waals surface area contributed by atoms with Gasteiger partial charge in [0.05, 0.1) is 39.5 Å². The fourth-order valence-electron chi connectivity index (χ4n) is 1.90. The van der Waals surface area contributed by atoms with Gasteiger partial charge in [-0.05, 0) is 0 Å². The first-order valence-corrected chi connectivity index (χ1v) is 10.5. The van der Waals surface area contributed by atoms with Gasteiger partial charge in [-0.1, -0.05) is 0 Å². The van der Waals surface area contributed by atoms with Gasteiger partial charge in [0.2, 0.25) is 0 Å². The molecule has 0 bridgehead atoms. The summed E-state index contributed by atoms with van der Waals surface area (Å²) in [5.41, 5.74) is -3.16. The number of nitrogens with zero attached hydrogens (tertiary/aromatic N) is 3. The highest BCUT2D eigenvalue weighted by atomic mass is 31.2. The van der Waals surface area contributed by atoms with E-state index in [1.54, 1.807) is 0 Å². The van der Waals surface area contributed by atoms with Crippen LogP contribution in [0.5, 0.6) is 0 Å². The molecule has 18 heteroatoms. The van der Waals surface area contributed by atoms with Crippen LogP contribution in [0.2, 0.25) is 0 Å². The molecular formula is C9H18N3O12P3. The van der Waals surface area contributed by atoms with E-state index < -0.39 is 82.3 Å². The van der Waals surface area contributed by atoms with Crippen LogP contribution in [0.25, 0.3) is 0 Å². The minimum atomic E-state index is -2.71. The molecular weight excluding hydrogens is 435 g/mol. The predicted octanol–water partition coefficient (Wildman–Crippen LogP) is -3.14. The van der Waals surface area contributed by atoms with Crippen LogP contribution in [0, 0.1) is 0 Å². The van der Waals surface area contributed by atoms with Crippen molar-refractivity contribution < 1.29 is 42.9 Å². The largest absolute Gasteiger partial charge is 0.336 e. The molecule has 0 aliphatic carbocycles. The van der Waals surface area contributed by atoms with Gasteiger partial charge < -0.3 is 42.9 Å². The van der Waals surface area contributed by atoms with Crippen molar-refractivity contribution in [2.75, 3.05) is 19.8 Å². The van der Waals surface area contributed by atoms with Crippen molar-refractivity contribution in [1.29, 1.82) is 0 Å². The van der Waals surface area contributed by atoms with Gasteiger partial charge in [0, 0.05) is 0 Å². The molecule has 0 radical (unpaired) electrons. The standard InChI is InChI=1S/C9H18N3O12P3/c13-7-10(1-4-22-25(16)17)8(14)12(3-6-24-27(20)21)9(15)11(7)2-5-23-26(18)19/h16-21H,1-6H2. The lowest BCUT2D eigenvalue weighted by atomic mass is 10.6. The molecule has 6 N–H and O–H groups in total. The van der Waals surface area contributed by atoms with E-state index in [2.05, 4.69) is 13.6 Å². The highest BCUT2D eigenvalue weighted by molar-refractivity contribution is 7.39. The number of aromatic nitrogens is 3. The van der Waals surface area contributed by atoms with Crippen LogP contribution in [-0.2, 0) is 33.2 Å². The second-order valence-corrected chi connectivity index (χ2v) is 6.85. The summed E-state index contributed by atoms with van der Waals surface area (Å²) in [7, 11) is -8.13. The minimum Gasteiger partial charge on any atom is -0.328 e. The van der Waals surface area contributed by atoms with Crippen molar-refractivity contribution in [1.82, 2.24) is 13.7 Å². The highest BCUT2D eigenvalue weighted by Crippen LogP contribution is 2.24. The Bertz CT molecular complexity index is 629. The molecule has 0 unspecified atom stereocenters. The zero-order chi connectivity index (χ0) is 20.6. The molecule has 0 aliphatic heterocycles. The summed E-state index contributed by atoms with van der Waals surface area (Å²) in [5, 5.41) is 0. The first-order valence-electron chi connectivity index (χ1n) is 7.02. The fourth-order valence-corrected chi connectivity index (χ4v) is 2.63. The molecule has 0 spiro atoms. The molecule has 0 aliphatic rings. The van der Waals surface area contributed by atoms with E-state index in [1.807, 2.05) is 0 Å². The van der Waals surface area contributed by atoms with Crippen LogP contribution in [-0.4, -0.2) is 62.9 Å². The Labute approximate surface area is 154 Å². The van der Waals surface area contributed by atoms with E-state index in [1.165, 1.54) is 0 Å². The second-order valence-electron chi connectivity index (χ2n) is 4.56. The molecule has 1 rings (SSSR count). The zero-order valence-electron chi connectivity index (χ0n) is 13.6. The molecule has 27 heavy (non-hydrogen) atoms. The average molecular weight is 453 g/mol. The lowest BCUT2D eigenvalue weighted by Crippen LogP contribution is -2.55. The summed E-state index contributed by atoms with van der Waals surface area (Å²) in [6.45, 7) is -2.51. The van der Waals surface area contributed by atoms with E-state index in [-0.39, 0.29) is 0 Å². The van der Waals surface area contributed by atoms with Crippen molar-refractivity contribution in [3.8, 4) is 0 Å². The van der Waals surface area contributed by atoms with Gasteiger partial charge in [-0.25, -0.2) is 28.1 Å². The average Bonchev–Trinajstić information content (AvgIpc) is 2.56. The molecule has 0 fully saturated rings. The SMILES string of the molecule is O=c1n(CCOP(O)O)c(=O)n(CCOP(O)O)c(=O)n1CCOP(O)O. The van der Waals surface area contributed by atoms with E-state index in [4.69, 9.17) is 29.4 Å². The third kappa shape index (κ3) is 8.08. The number of hydrogen-bond donors (Lipinski definition) is 6. The van der Waals surface area contributed by atoms with Crippen LogP contribution in [0.3, 0.4) is 0 Å². The number of rotatable bonds is 12. The van der Waals surface area contributed by atoms with E-state index in [0.717, 1.165) is 0 Å². The lowest BCUT2D eigenvalue weighted by Gasteiger charge is -2.14. The molecule has 1 aromatic rings. The molecule has 1 aromatic heterocycles. The van der Waals surface area contributed by atoms with Crippen LogP contribution >= 0.6 is 25.8 Å². The van der Waals surface area contributed by atoms with Gasteiger partial charge in [-0.2, -0.15) is 0 Å². The summed E-state index contributed by atoms with van der Waals surface area (Å²) in [6, 6.07) is 0. The summed E-state index contributed by atoms with van der Waals surface area (Å²) in [5.74, 6) is 0. The highest BCUT2D eigenvalue weighted by Gasteiger charge is 2.16.